The van der Waals surface area contributed by atoms with Crippen LogP contribution in [0.15, 0.2) is 23.2 Å². The summed E-state index contributed by atoms with van der Waals surface area (Å²) in [6.07, 6.45) is 4.87. The van der Waals surface area contributed by atoms with Crippen molar-refractivity contribution in [2.75, 3.05) is 44.3 Å². The predicted molar refractivity (Wildman–Crippen MR) is 122 cm³/mol. The van der Waals surface area contributed by atoms with Crippen LogP contribution in [-0.4, -0.2) is 56.4 Å². The van der Waals surface area contributed by atoms with Crippen molar-refractivity contribution in [3.8, 4) is 0 Å². The number of rotatable bonds is 8. The molecule has 0 unspecified atom stereocenters. The molecule has 27 heavy (non-hydrogen) atoms. The lowest BCUT2D eigenvalue weighted by atomic mass is 10.1. The Balaban J connectivity index is 0.00000261. The van der Waals surface area contributed by atoms with E-state index in [0.717, 1.165) is 62.5 Å². The number of nitrogens with one attached hydrogen (secondary N) is 2. The lowest BCUT2D eigenvalue weighted by Crippen LogP contribution is -2.49. The Morgan fingerprint density at radius 2 is 2.04 bits per heavy atom. The van der Waals surface area contributed by atoms with Gasteiger partial charge >= 0.3 is 0 Å². The monoisotopic (exact) mass is 487 g/mol. The molecule has 152 valence electrons. The van der Waals surface area contributed by atoms with E-state index in [0.29, 0.717) is 19.2 Å². The van der Waals surface area contributed by atoms with Crippen molar-refractivity contribution in [2.24, 2.45) is 10.9 Å². The quantitative estimate of drug-likeness (QED) is 0.256. The molecular formula is C20H34IN5O. The van der Waals surface area contributed by atoms with E-state index >= 15 is 0 Å². The van der Waals surface area contributed by atoms with E-state index < -0.39 is 0 Å². The van der Waals surface area contributed by atoms with Gasteiger partial charge < -0.3 is 20.3 Å². The van der Waals surface area contributed by atoms with Crippen molar-refractivity contribution in [1.29, 1.82) is 0 Å². The molecule has 2 N–H and O–H groups in total. The summed E-state index contributed by atoms with van der Waals surface area (Å²) in [6.45, 7) is 9.42. The molecule has 2 aliphatic rings. The average Bonchev–Trinajstić information content (AvgIpc) is 3.46. The Bertz CT molecular complexity index is 585. The van der Waals surface area contributed by atoms with E-state index in [-0.39, 0.29) is 24.0 Å². The SMILES string of the molecule is CCNC(=NCCOCC1CC1)NC1CCN(c2cccc(C)n2)CC1.I. The lowest BCUT2D eigenvalue weighted by Gasteiger charge is -2.34. The molecule has 0 bridgehead atoms. The number of aryl methyl sites for hydroxylation is 1. The van der Waals surface area contributed by atoms with Gasteiger partial charge in [0.05, 0.1) is 13.2 Å². The highest BCUT2D eigenvalue weighted by atomic mass is 127. The van der Waals surface area contributed by atoms with Crippen LogP contribution in [0.2, 0.25) is 0 Å². The van der Waals surface area contributed by atoms with Gasteiger partial charge in [-0.25, -0.2) is 4.98 Å². The topological polar surface area (TPSA) is 61.8 Å². The zero-order valence-corrected chi connectivity index (χ0v) is 18.9. The standard InChI is InChI=1S/C20H33N5O.HI/c1-3-21-20(22-11-14-26-15-17-7-8-17)24-18-9-12-25(13-10-18)19-6-4-5-16(2)23-19;/h4-6,17-18H,3,7-15H2,1-2H3,(H2,21,22,24);1H. The Kier molecular flexibility index (Phi) is 9.61. The lowest BCUT2D eigenvalue weighted by molar-refractivity contribution is 0.131. The molecule has 1 saturated heterocycles. The van der Waals surface area contributed by atoms with Crippen molar-refractivity contribution in [3.63, 3.8) is 0 Å². The van der Waals surface area contributed by atoms with Gasteiger partial charge in [0.15, 0.2) is 5.96 Å². The number of pyridine rings is 1. The van der Waals surface area contributed by atoms with Crippen molar-refractivity contribution in [2.45, 2.75) is 45.6 Å². The summed E-state index contributed by atoms with van der Waals surface area (Å²) in [7, 11) is 0. The van der Waals surface area contributed by atoms with Crippen LogP contribution in [0.5, 0.6) is 0 Å². The number of halogens is 1. The highest BCUT2D eigenvalue weighted by Crippen LogP contribution is 2.28. The second-order valence-electron chi connectivity index (χ2n) is 7.32. The second-order valence-corrected chi connectivity index (χ2v) is 7.32. The number of nitrogens with zero attached hydrogens (tertiary/aromatic N) is 3. The highest BCUT2D eigenvalue weighted by Gasteiger charge is 2.22. The molecule has 1 saturated carbocycles. The molecule has 1 aliphatic carbocycles. The molecule has 1 aromatic heterocycles. The molecule has 0 atom stereocenters. The van der Waals surface area contributed by atoms with E-state index in [1.54, 1.807) is 0 Å². The van der Waals surface area contributed by atoms with Crippen LogP contribution in [0, 0.1) is 12.8 Å². The number of hydrogen-bond acceptors (Lipinski definition) is 4. The minimum absolute atomic E-state index is 0. The molecule has 2 heterocycles. The van der Waals surface area contributed by atoms with Gasteiger partial charge in [0, 0.05) is 38.0 Å². The van der Waals surface area contributed by atoms with Gasteiger partial charge in [-0.3, -0.25) is 4.99 Å². The maximum atomic E-state index is 5.67. The number of ether oxygens (including phenoxy) is 1. The molecule has 3 rings (SSSR count). The molecule has 0 spiro atoms. The molecule has 1 aliphatic heterocycles. The molecule has 0 amide bonds. The first-order valence-corrected chi connectivity index (χ1v) is 10.1. The normalized spacial score (nSPS) is 18.1. The van der Waals surface area contributed by atoms with Crippen LogP contribution in [0.3, 0.4) is 0 Å². The number of guanidine groups is 1. The molecule has 1 aromatic rings. The summed E-state index contributed by atoms with van der Waals surface area (Å²) in [4.78, 5) is 11.7. The van der Waals surface area contributed by atoms with E-state index in [1.165, 1.54) is 12.8 Å². The van der Waals surface area contributed by atoms with Crippen LogP contribution in [0.25, 0.3) is 0 Å². The summed E-state index contributed by atoms with van der Waals surface area (Å²) in [5, 5.41) is 6.94. The number of piperidine rings is 1. The van der Waals surface area contributed by atoms with Gasteiger partial charge in [-0.1, -0.05) is 6.07 Å². The van der Waals surface area contributed by atoms with E-state index in [2.05, 4.69) is 44.6 Å². The van der Waals surface area contributed by atoms with Crippen molar-refractivity contribution >= 4 is 35.8 Å². The minimum atomic E-state index is 0. The fourth-order valence-corrected chi connectivity index (χ4v) is 3.23. The maximum Gasteiger partial charge on any atom is 0.191 e. The zero-order chi connectivity index (χ0) is 18.2. The van der Waals surface area contributed by atoms with Crippen LogP contribution >= 0.6 is 24.0 Å². The first-order valence-electron chi connectivity index (χ1n) is 10.1. The van der Waals surface area contributed by atoms with Gasteiger partial charge in [-0.2, -0.15) is 0 Å². The third-order valence-corrected chi connectivity index (χ3v) is 4.93. The van der Waals surface area contributed by atoms with Gasteiger partial charge in [-0.05, 0) is 57.6 Å². The zero-order valence-electron chi connectivity index (χ0n) is 16.6. The molecule has 0 aromatic carbocycles. The first kappa shape index (κ1) is 22.2. The fourth-order valence-electron chi connectivity index (χ4n) is 3.23. The molecular weight excluding hydrogens is 453 g/mol. The highest BCUT2D eigenvalue weighted by molar-refractivity contribution is 14.0. The number of anilines is 1. The summed E-state index contributed by atoms with van der Waals surface area (Å²) >= 11 is 0. The summed E-state index contributed by atoms with van der Waals surface area (Å²) in [5.41, 5.74) is 1.08. The van der Waals surface area contributed by atoms with Gasteiger partial charge in [0.2, 0.25) is 0 Å². The third kappa shape index (κ3) is 7.81. The fraction of sp³-hybridized carbons (Fsp3) is 0.700. The number of aromatic nitrogens is 1. The summed E-state index contributed by atoms with van der Waals surface area (Å²) in [5.74, 6) is 2.82. The van der Waals surface area contributed by atoms with Crippen molar-refractivity contribution < 1.29 is 4.74 Å². The summed E-state index contributed by atoms with van der Waals surface area (Å²) < 4.78 is 5.67. The van der Waals surface area contributed by atoms with E-state index in [9.17, 15) is 0 Å². The Morgan fingerprint density at radius 3 is 2.70 bits per heavy atom. The minimum Gasteiger partial charge on any atom is -0.379 e. The van der Waals surface area contributed by atoms with Gasteiger partial charge in [0.1, 0.15) is 5.82 Å². The smallest absolute Gasteiger partial charge is 0.191 e. The van der Waals surface area contributed by atoms with Gasteiger partial charge in [0.25, 0.3) is 0 Å². The number of hydrogen-bond donors (Lipinski definition) is 2. The van der Waals surface area contributed by atoms with Crippen molar-refractivity contribution in [3.05, 3.63) is 23.9 Å². The molecule has 7 heteroatoms. The molecule has 2 fully saturated rings. The first-order chi connectivity index (χ1) is 12.7. The van der Waals surface area contributed by atoms with Crippen LogP contribution in [-0.2, 0) is 4.74 Å². The Hall–Kier alpha value is -1.09. The van der Waals surface area contributed by atoms with E-state index in [4.69, 9.17) is 4.74 Å². The molecule has 6 nitrogen and oxygen atoms in total. The van der Waals surface area contributed by atoms with Crippen LogP contribution in [0.4, 0.5) is 5.82 Å². The molecule has 0 radical (unpaired) electrons. The van der Waals surface area contributed by atoms with Crippen molar-refractivity contribution in [1.82, 2.24) is 15.6 Å². The Morgan fingerprint density at radius 1 is 1.26 bits per heavy atom. The Labute approximate surface area is 180 Å². The largest absolute Gasteiger partial charge is 0.379 e. The van der Waals surface area contributed by atoms with Crippen LogP contribution < -0.4 is 15.5 Å². The third-order valence-electron chi connectivity index (χ3n) is 4.93. The predicted octanol–water partition coefficient (Wildman–Crippen LogP) is 2.96. The average molecular weight is 487 g/mol. The summed E-state index contributed by atoms with van der Waals surface area (Å²) in [6, 6.07) is 6.70. The number of aliphatic imine (C=N–C) groups is 1. The second kappa shape index (κ2) is 11.7. The van der Waals surface area contributed by atoms with Gasteiger partial charge in [-0.15, -0.1) is 24.0 Å². The maximum absolute atomic E-state index is 5.67. The van der Waals surface area contributed by atoms with Crippen LogP contribution in [0.1, 0.15) is 38.3 Å². The van der Waals surface area contributed by atoms with E-state index in [1.807, 2.05) is 13.0 Å².